The number of halogens is 1. The Kier molecular flexibility index (Phi) is 2.72. The monoisotopic (exact) mass is 300 g/mol. The van der Waals surface area contributed by atoms with Crippen LogP contribution in [-0.2, 0) is 0 Å². The number of nitrogens with zero attached hydrogens (tertiary/aromatic N) is 2. The maximum Gasteiger partial charge on any atom is 0.261 e. The van der Waals surface area contributed by atoms with Gasteiger partial charge in [-0.25, -0.2) is 4.98 Å². The van der Waals surface area contributed by atoms with Crippen molar-refractivity contribution in [3.63, 3.8) is 0 Å². The number of rotatable bonds is 1. The van der Waals surface area contributed by atoms with Gasteiger partial charge in [0.05, 0.1) is 4.47 Å². The highest BCUT2D eigenvalue weighted by Crippen LogP contribution is 2.35. The number of pyridine rings is 1. The molecule has 1 aliphatic rings. The van der Waals surface area contributed by atoms with Gasteiger partial charge in [0.2, 0.25) is 0 Å². The molecule has 1 aliphatic heterocycles. The van der Waals surface area contributed by atoms with Crippen LogP contribution >= 0.6 is 15.9 Å². The Morgan fingerprint density at radius 3 is 2.78 bits per heavy atom. The second-order valence-electron chi connectivity index (χ2n) is 4.02. The summed E-state index contributed by atoms with van der Waals surface area (Å²) in [6, 6.07) is 10.1. The second kappa shape index (κ2) is 4.38. The summed E-state index contributed by atoms with van der Waals surface area (Å²) in [5, 5.41) is 0. The van der Waals surface area contributed by atoms with Crippen molar-refractivity contribution in [2.45, 2.75) is 0 Å². The highest BCUT2D eigenvalue weighted by atomic mass is 79.9. The van der Waals surface area contributed by atoms with Crippen molar-refractivity contribution in [1.29, 1.82) is 0 Å². The van der Waals surface area contributed by atoms with Crippen molar-refractivity contribution in [2.24, 2.45) is 0 Å². The quantitative estimate of drug-likeness (QED) is 0.822. The summed E-state index contributed by atoms with van der Waals surface area (Å²) < 4.78 is 2.81. The standard InChI is InChI=1S/C14H11BrN3/c15-11-8-17-12-6-7-18(14(12)13(11)16)9-10-4-2-1-3-5-10/h1-9H,(H2,16,17)/q+1. The third kappa shape index (κ3) is 1.84. The van der Waals surface area contributed by atoms with E-state index in [0.29, 0.717) is 5.69 Å². The van der Waals surface area contributed by atoms with E-state index in [4.69, 9.17) is 5.73 Å². The Morgan fingerprint density at radius 2 is 2.00 bits per heavy atom. The largest absolute Gasteiger partial charge is 0.392 e. The number of benzene rings is 1. The van der Waals surface area contributed by atoms with E-state index < -0.39 is 0 Å². The minimum atomic E-state index is 0.706. The van der Waals surface area contributed by atoms with Gasteiger partial charge in [-0.1, -0.05) is 18.2 Å². The van der Waals surface area contributed by atoms with Crippen LogP contribution in [0.1, 0.15) is 11.3 Å². The van der Waals surface area contributed by atoms with E-state index in [1.54, 1.807) is 6.20 Å². The molecule has 18 heavy (non-hydrogen) atoms. The predicted molar refractivity (Wildman–Crippen MR) is 76.9 cm³/mol. The summed E-state index contributed by atoms with van der Waals surface area (Å²) in [4.78, 5) is 4.34. The van der Waals surface area contributed by atoms with Crippen LogP contribution in [0, 0.1) is 0 Å². The van der Waals surface area contributed by atoms with Crippen LogP contribution in [0.2, 0.25) is 0 Å². The highest BCUT2D eigenvalue weighted by molar-refractivity contribution is 9.10. The zero-order valence-electron chi connectivity index (χ0n) is 9.55. The van der Waals surface area contributed by atoms with E-state index >= 15 is 0 Å². The molecule has 0 unspecified atom stereocenters. The molecule has 2 aromatic rings. The maximum absolute atomic E-state index is 6.09. The number of nitrogen functional groups attached to an aromatic ring is 1. The first-order valence-corrected chi connectivity index (χ1v) is 6.35. The number of nitrogens with two attached hydrogens (primary N) is 1. The predicted octanol–water partition coefficient (Wildman–Crippen LogP) is 3.17. The minimum Gasteiger partial charge on any atom is -0.392 e. The lowest BCUT2D eigenvalue weighted by atomic mass is 10.2. The third-order valence-corrected chi connectivity index (χ3v) is 3.44. The van der Waals surface area contributed by atoms with E-state index in [0.717, 1.165) is 21.4 Å². The Morgan fingerprint density at radius 1 is 1.22 bits per heavy atom. The highest BCUT2D eigenvalue weighted by Gasteiger charge is 2.24. The second-order valence-corrected chi connectivity index (χ2v) is 4.87. The molecular formula is C14H11BrN3+. The smallest absolute Gasteiger partial charge is 0.261 e. The van der Waals surface area contributed by atoms with Gasteiger partial charge in [-0.2, -0.15) is 4.58 Å². The first-order valence-electron chi connectivity index (χ1n) is 5.56. The molecule has 0 bridgehead atoms. The first-order chi connectivity index (χ1) is 8.75. The van der Waals surface area contributed by atoms with E-state index in [-0.39, 0.29) is 0 Å². The fourth-order valence-electron chi connectivity index (χ4n) is 1.93. The number of aromatic nitrogens is 1. The molecule has 0 saturated heterocycles. The molecule has 0 spiro atoms. The van der Waals surface area contributed by atoms with Crippen LogP contribution in [-0.4, -0.2) is 15.8 Å². The fourth-order valence-corrected chi connectivity index (χ4v) is 2.22. The van der Waals surface area contributed by atoms with Crippen LogP contribution in [0.4, 0.5) is 11.4 Å². The number of anilines is 1. The van der Waals surface area contributed by atoms with Gasteiger partial charge in [-0.05, 0) is 28.1 Å². The summed E-state index contributed by atoms with van der Waals surface area (Å²) in [6.07, 6.45) is 7.68. The average Bonchev–Trinajstić information content (AvgIpc) is 2.79. The number of hydrogen-bond donors (Lipinski definition) is 1. The topological polar surface area (TPSA) is 41.9 Å². The molecule has 2 heterocycles. The molecule has 0 atom stereocenters. The van der Waals surface area contributed by atoms with Crippen LogP contribution in [0.5, 0.6) is 0 Å². The lowest BCUT2D eigenvalue weighted by molar-refractivity contribution is -0.347. The molecular weight excluding hydrogens is 290 g/mol. The van der Waals surface area contributed by atoms with Crippen LogP contribution < -0.4 is 5.73 Å². The van der Waals surface area contributed by atoms with Crippen molar-refractivity contribution in [3.05, 3.63) is 58.5 Å². The SMILES string of the molecule is Nc1c(Br)cnc2c1[N+](=Cc1ccccc1)C=C2. The van der Waals surface area contributed by atoms with Crippen LogP contribution in [0.25, 0.3) is 6.08 Å². The van der Waals surface area contributed by atoms with Gasteiger partial charge < -0.3 is 5.73 Å². The van der Waals surface area contributed by atoms with Crippen molar-refractivity contribution in [1.82, 2.24) is 4.98 Å². The summed E-state index contributed by atoms with van der Waals surface area (Å²) in [5.74, 6) is 0. The molecule has 0 amide bonds. The molecule has 1 aromatic heterocycles. The van der Waals surface area contributed by atoms with Crippen molar-refractivity contribution >= 4 is 39.6 Å². The molecule has 88 valence electrons. The third-order valence-electron chi connectivity index (χ3n) is 2.81. The fraction of sp³-hybridized carbons (Fsp3) is 0. The van der Waals surface area contributed by atoms with Gasteiger partial charge in [0.15, 0.2) is 12.4 Å². The van der Waals surface area contributed by atoms with Gasteiger partial charge in [-0.15, -0.1) is 0 Å². The summed E-state index contributed by atoms with van der Waals surface area (Å²) in [6.45, 7) is 0. The molecule has 0 fully saturated rings. The molecule has 0 saturated carbocycles. The summed E-state index contributed by atoms with van der Waals surface area (Å²) in [5.41, 5.74) is 9.73. The Labute approximate surface area is 113 Å². The Bertz CT molecular complexity index is 660. The Balaban J connectivity index is 2.13. The average molecular weight is 301 g/mol. The zero-order valence-corrected chi connectivity index (χ0v) is 11.1. The normalized spacial score (nSPS) is 15.1. The lowest BCUT2D eigenvalue weighted by Crippen LogP contribution is -2.02. The maximum atomic E-state index is 6.09. The van der Waals surface area contributed by atoms with Crippen molar-refractivity contribution in [2.75, 3.05) is 5.73 Å². The van der Waals surface area contributed by atoms with Crippen LogP contribution in [0.15, 0.2) is 47.2 Å². The van der Waals surface area contributed by atoms with Crippen molar-refractivity contribution in [3.8, 4) is 0 Å². The van der Waals surface area contributed by atoms with E-state index in [9.17, 15) is 0 Å². The van der Waals surface area contributed by atoms with Crippen LogP contribution in [0.3, 0.4) is 0 Å². The number of fused-ring (bicyclic) bond motifs is 1. The zero-order chi connectivity index (χ0) is 12.5. The molecule has 3 nitrogen and oxygen atoms in total. The summed E-state index contributed by atoms with van der Waals surface area (Å²) in [7, 11) is 0. The van der Waals surface area contributed by atoms with Gasteiger partial charge >= 0.3 is 0 Å². The van der Waals surface area contributed by atoms with Gasteiger partial charge in [0, 0.05) is 17.8 Å². The van der Waals surface area contributed by atoms with Gasteiger partial charge in [0.1, 0.15) is 11.4 Å². The minimum absolute atomic E-state index is 0.706. The lowest BCUT2D eigenvalue weighted by Gasteiger charge is -2.01. The summed E-state index contributed by atoms with van der Waals surface area (Å²) >= 11 is 3.41. The molecule has 0 radical (unpaired) electrons. The van der Waals surface area contributed by atoms with Crippen molar-refractivity contribution < 1.29 is 4.58 Å². The number of hydrogen-bond acceptors (Lipinski definition) is 2. The van der Waals surface area contributed by atoms with E-state index in [1.165, 1.54) is 0 Å². The molecule has 0 aliphatic carbocycles. The van der Waals surface area contributed by atoms with Gasteiger partial charge in [-0.3, -0.25) is 0 Å². The molecule has 3 rings (SSSR count). The van der Waals surface area contributed by atoms with E-state index in [2.05, 4.69) is 20.9 Å². The molecule has 1 aromatic carbocycles. The van der Waals surface area contributed by atoms with Gasteiger partial charge in [0.25, 0.3) is 5.69 Å². The first kappa shape index (κ1) is 11.2. The molecule has 2 N–H and O–H groups in total. The Hall–Kier alpha value is -1.94. The molecule has 4 heteroatoms. The van der Waals surface area contributed by atoms with E-state index in [1.807, 2.05) is 53.4 Å².